The highest BCUT2D eigenvalue weighted by molar-refractivity contribution is 7.90. The van der Waals surface area contributed by atoms with E-state index >= 15 is 0 Å². The number of amides is 2. The van der Waals surface area contributed by atoms with Crippen LogP contribution in [-0.4, -0.2) is 36.3 Å². The maximum absolute atomic E-state index is 13.1. The van der Waals surface area contributed by atoms with Crippen LogP contribution in [0.2, 0.25) is 0 Å². The van der Waals surface area contributed by atoms with Crippen molar-refractivity contribution >= 4 is 27.3 Å². The quantitative estimate of drug-likeness (QED) is 0.416. The van der Waals surface area contributed by atoms with Crippen LogP contribution in [0.4, 0.5) is 5.69 Å². The molecule has 5 rings (SSSR count). The first-order chi connectivity index (χ1) is 17.5. The molecule has 0 aliphatic heterocycles. The molecular formula is C28H26N4O4S. The number of aryl methyl sites for hydroxylation is 2. The summed E-state index contributed by atoms with van der Waals surface area (Å²) in [5.74, 6) is -0.842. The van der Waals surface area contributed by atoms with Crippen LogP contribution in [0.1, 0.15) is 43.1 Å². The standard InChI is InChI=1S/C28H26N4O4S/c1-16-5-4-6-22(17(16)2)28(34)30-19-9-7-18-8-14-23-25(27(29)33)31-32(26(23)24(18)15-19)20-10-12-21(13-11-20)37(3,35)36/h4-7,9-13,15H,8,14H2,1-3H3,(H2,29,33)(H,30,34). The van der Waals surface area contributed by atoms with Gasteiger partial charge >= 0.3 is 0 Å². The van der Waals surface area contributed by atoms with Crippen molar-refractivity contribution in [1.29, 1.82) is 0 Å². The van der Waals surface area contributed by atoms with E-state index in [-0.39, 0.29) is 16.5 Å². The van der Waals surface area contributed by atoms with Crippen molar-refractivity contribution in [2.45, 2.75) is 31.6 Å². The van der Waals surface area contributed by atoms with E-state index in [1.807, 2.05) is 44.2 Å². The van der Waals surface area contributed by atoms with Crippen molar-refractivity contribution in [3.63, 3.8) is 0 Å². The van der Waals surface area contributed by atoms with E-state index in [0.29, 0.717) is 35.5 Å². The van der Waals surface area contributed by atoms with E-state index in [9.17, 15) is 18.0 Å². The third kappa shape index (κ3) is 4.42. The average molecular weight is 515 g/mol. The number of carbonyl (C=O) groups excluding carboxylic acids is 2. The topological polar surface area (TPSA) is 124 Å². The van der Waals surface area contributed by atoms with Crippen molar-refractivity contribution in [3.05, 3.63) is 94.2 Å². The molecular weight excluding hydrogens is 488 g/mol. The van der Waals surface area contributed by atoms with Crippen LogP contribution in [0.3, 0.4) is 0 Å². The minimum atomic E-state index is -3.37. The normalized spacial score (nSPS) is 12.5. The molecule has 0 unspecified atom stereocenters. The second-order valence-electron chi connectivity index (χ2n) is 9.29. The van der Waals surface area contributed by atoms with E-state index in [1.165, 1.54) is 12.1 Å². The first kappa shape index (κ1) is 24.5. The summed E-state index contributed by atoms with van der Waals surface area (Å²) in [7, 11) is -3.37. The van der Waals surface area contributed by atoms with Crippen LogP contribution in [0.15, 0.2) is 65.6 Å². The molecule has 0 atom stereocenters. The first-order valence-electron chi connectivity index (χ1n) is 11.8. The summed E-state index contributed by atoms with van der Waals surface area (Å²) in [4.78, 5) is 25.5. The predicted octanol–water partition coefficient (Wildman–Crippen LogP) is 4.01. The monoisotopic (exact) mass is 514 g/mol. The number of primary amides is 1. The molecule has 3 N–H and O–H groups in total. The van der Waals surface area contributed by atoms with Gasteiger partial charge < -0.3 is 11.1 Å². The Morgan fingerprint density at radius 2 is 1.73 bits per heavy atom. The number of hydrogen-bond acceptors (Lipinski definition) is 5. The van der Waals surface area contributed by atoms with Gasteiger partial charge in [0.05, 0.1) is 16.3 Å². The van der Waals surface area contributed by atoms with Gasteiger partial charge in [0.25, 0.3) is 11.8 Å². The van der Waals surface area contributed by atoms with E-state index in [1.54, 1.807) is 22.9 Å². The van der Waals surface area contributed by atoms with Gasteiger partial charge in [-0.25, -0.2) is 13.1 Å². The van der Waals surface area contributed by atoms with Gasteiger partial charge in [-0.15, -0.1) is 0 Å². The number of anilines is 1. The zero-order valence-corrected chi connectivity index (χ0v) is 21.5. The molecule has 1 aliphatic rings. The maximum atomic E-state index is 13.1. The van der Waals surface area contributed by atoms with E-state index in [2.05, 4.69) is 10.4 Å². The summed E-state index contributed by atoms with van der Waals surface area (Å²) < 4.78 is 25.5. The molecule has 188 valence electrons. The lowest BCUT2D eigenvalue weighted by molar-refractivity contribution is 0.0992. The average Bonchev–Trinajstić information content (AvgIpc) is 3.26. The third-order valence-electron chi connectivity index (χ3n) is 6.84. The first-order valence-corrected chi connectivity index (χ1v) is 13.7. The molecule has 0 radical (unpaired) electrons. The minimum Gasteiger partial charge on any atom is -0.364 e. The van der Waals surface area contributed by atoms with Gasteiger partial charge in [-0.3, -0.25) is 9.59 Å². The Bertz CT molecular complexity index is 1690. The van der Waals surface area contributed by atoms with Crippen LogP contribution < -0.4 is 11.1 Å². The number of hydrogen-bond donors (Lipinski definition) is 2. The number of sulfone groups is 1. The number of benzene rings is 3. The van der Waals surface area contributed by atoms with E-state index in [0.717, 1.165) is 34.1 Å². The second-order valence-corrected chi connectivity index (χ2v) is 11.3. The van der Waals surface area contributed by atoms with Crippen molar-refractivity contribution in [3.8, 4) is 16.9 Å². The van der Waals surface area contributed by atoms with Crippen LogP contribution in [-0.2, 0) is 22.7 Å². The number of aromatic nitrogens is 2. The molecule has 0 saturated carbocycles. The Morgan fingerprint density at radius 3 is 2.41 bits per heavy atom. The number of nitrogens with two attached hydrogens (primary N) is 1. The summed E-state index contributed by atoms with van der Waals surface area (Å²) >= 11 is 0. The zero-order valence-electron chi connectivity index (χ0n) is 20.7. The Balaban J connectivity index is 1.60. The van der Waals surface area contributed by atoms with Crippen LogP contribution in [0, 0.1) is 13.8 Å². The number of fused-ring (bicyclic) bond motifs is 3. The second kappa shape index (κ2) is 9.01. The van der Waals surface area contributed by atoms with E-state index < -0.39 is 15.7 Å². The molecule has 3 aromatic carbocycles. The van der Waals surface area contributed by atoms with Crippen molar-refractivity contribution in [2.75, 3.05) is 11.6 Å². The van der Waals surface area contributed by atoms with Gasteiger partial charge in [-0.05, 0) is 85.8 Å². The predicted molar refractivity (Wildman–Crippen MR) is 142 cm³/mol. The largest absolute Gasteiger partial charge is 0.364 e. The maximum Gasteiger partial charge on any atom is 0.269 e. The summed E-state index contributed by atoms with van der Waals surface area (Å²) in [6, 6.07) is 17.6. The Labute approximate surface area is 215 Å². The number of carbonyl (C=O) groups is 2. The molecule has 0 saturated heterocycles. The molecule has 1 aliphatic carbocycles. The lowest BCUT2D eigenvalue weighted by Crippen LogP contribution is -2.16. The lowest BCUT2D eigenvalue weighted by Gasteiger charge is -2.20. The summed E-state index contributed by atoms with van der Waals surface area (Å²) in [6.07, 6.45) is 2.41. The highest BCUT2D eigenvalue weighted by Gasteiger charge is 2.28. The van der Waals surface area contributed by atoms with Crippen molar-refractivity contribution in [2.24, 2.45) is 5.73 Å². The fraction of sp³-hybridized carbons (Fsp3) is 0.179. The molecule has 1 aromatic heterocycles. The number of rotatable bonds is 5. The van der Waals surface area contributed by atoms with Gasteiger partial charge in [-0.2, -0.15) is 5.10 Å². The molecule has 4 aromatic rings. The molecule has 0 fully saturated rings. The smallest absolute Gasteiger partial charge is 0.269 e. The lowest BCUT2D eigenvalue weighted by atomic mass is 9.88. The van der Waals surface area contributed by atoms with Gasteiger partial charge in [-0.1, -0.05) is 18.2 Å². The number of nitrogens with one attached hydrogen (secondary N) is 1. The molecule has 0 spiro atoms. The molecule has 1 heterocycles. The molecule has 8 nitrogen and oxygen atoms in total. The van der Waals surface area contributed by atoms with Crippen molar-refractivity contribution < 1.29 is 18.0 Å². The Hall–Kier alpha value is -4.24. The molecule has 2 amide bonds. The van der Waals surface area contributed by atoms with Crippen molar-refractivity contribution in [1.82, 2.24) is 9.78 Å². The van der Waals surface area contributed by atoms with E-state index in [4.69, 9.17) is 5.73 Å². The van der Waals surface area contributed by atoms with Crippen LogP contribution in [0.5, 0.6) is 0 Å². The molecule has 37 heavy (non-hydrogen) atoms. The summed E-state index contributed by atoms with van der Waals surface area (Å²) in [5, 5.41) is 7.51. The van der Waals surface area contributed by atoms with Gasteiger partial charge in [0.1, 0.15) is 0 Å². The third-order valence-corrected chi connectivity index (χ3v) is 7.97. The minimum absolute atomic E-state index is 0.178. The number of nitrogens with zero attached hydrogens (tertiary/aromatic N) is 2. The fourth-order valence-corrected chi connectivity index (χ4v) is 5.36. The SMILES string of the molecule is Cc1cccc(C(=O)Nc2ccc3c(c2)-c2c(c(C(N)=O)nn2-c2ccc(S(C)(=O)=O)cc2)CC3)c1C. The summed E-state index contributed by atoms with van der Waals surface area (Å²) in [5.41, 5.74) is 12.9. The Kier molecular flexibility index (Phi) is 5.95. The van der Waals surface area contributed by atoms with Gasteiger partial charge in [0.15, 0.2) is 15.5 Å². The zero-order chi connectivity index (χ0) is 26.5. The van der Waals surface area contributed by atoms with Crippen LogP contribution >= 0.6 is 0 Å². The molecule has 0 bridgehead atoms. The molecule has 9 heteroatoms. The Morgan fingerprint density at radius 1 is 1.00 bits per heavy atom. The van der Waals surface area contributed by atoms with Gasteiger partial charge in [0, 0.05) is 28.6 Å². The highest BCUT2D eigenvalue weighted by Crippen LogP contribution is 2.38. The fourth-order valence-electron chi connectivity index (χ4n) is 4.73. The summed E-state index contributed by atoms with van der Waals surface area (Å²) in [6.45, 7) is 3.88. The van der Waals surface area contributed by atoms with Crippen LogP contribution in [0.25, 0.3) is 16.9 Å². The highest BCUT2D eigenvalue weighted by atomic mass is 32.2. The van der Waals surface area contributed by atoms with Gasteiger partial charge in [0.2, 0.25) is 0 Å².